The van der Waals surface area contributed by atoms with E-state index in [9.17, 15) is 4.79 Å². The minimum Gasteiger partial charge on any atom is -0.414 e. The molecule has 0 bridgehead atoms. The van der Waals surface area contributed by atoms with Crippen molar-refractivity contribution in [3.05, 3.63) is 40.1 Å². The molecular weight excluding hydrogens is 262 g/mol. The van der Waals surface area contributed by atoms with Crippen LogP contribution in [0.5, 0.6) is 0 Å². The Kier molecular flexibility index (Phi) is 2.94. The molecule has 1 amide bonds. The van der Waals surface area contributed by atoms with Crippen LogP contribution in [-0.2, 0) is 17.6 Å². The Hall–Kier alpha value is -1.95. The van der Waals surface area contributed by atoms with E-state index in [0.717, 1.165) is 11.3 Å². The second kappa shape index (κ2) is 4.62. The van der Waals surface area contributed by atoms with Gasteiger partial charge in [-0.25, -0.2) is 5.10 Å². The number of nitrogens with one attached hydrogen (secondary N) is 2. The first-order chi connectivity index (χ1) is 9.11. The predicted octanol–water partition coefficient (Wildman–Crippen LogP) is 2.57. The fourth-order valence-corrected chi connectivity index (χ4v) is 2.43. The lowest BCUT2D eigenvalue weighted by molar-refractivity contribution is -0.115. The summed E-state index contributed by atoms with van der Waals surface area (Å²) in [5, 5.41) is 9.45. The Morgan fingerprint density at radius 3 is 3.11 bits per heavy atom. The van der Waals surface area contributed by atoms with Gasteiger partial charge in [0.15, 0.2) is 0 Å². The zero-order valence-electron chi connectivity index (χ0n) is 10.4. The summed E-state index contributed by atoms with van der Waals surface area (Å²) < 4.78 is 5.27. The highest BCUT2D eigenvalue weighted by Gasteiger charge is 2.19. The van der Waals surface area contributed by atoms with Gasteiger partial charge in [-0.2, -0.15) is 0 Å². The maximum atomic E-state index is 11.3. The summed E-state index contributed by atoms with van der Waals surface area (Å²) in [5.41, 5.74) is 3.13. The molecule has 0 radical (unpaired) electrons. The molecule has 19 heavy (non-hydrogen) atoms. The van der Waals surface area contributed by atoms with Gasteiger partial charge >= 0.3 is 0 Å². The minimum atomic E-state index is 0.0536. The van der Waals surface area contributed by atoms with Crippen LogP contribution in [0.25, 0.3) is 0 Å². The number of nitrogens with zero attached hydrogens (tertiary/aromatic N) is 1. The van der Waals surface area contributed by atoms with Crippen LogP contribution in [0.1, 0.15) is 29.9 Å². The van der Waals surface area contributed by atoms with Crippen LogP contribution in [0, 0.1) is 4.84 Å². The van der Waals surface area contributed by atoms with Crippen LogP contribution in [0.2, 0.25) is 0 Å². The SMILES string of the molecule is CC(Cc1n[nH]c(=S)o1)c1ccc2c(c1)CC(=O)N2. The molecule has 0 aliphatic carbocycles. The number of fused-ring (bicyclic) bond motifs is 1. The van der Waals surface area contributed by atoms with Crippen molar-refractivity contribution >= 4 is 23.8 Å². The van der Waals surface area contributed by atoms with Crippen molar-refractivity contribution in [3.63, 3.8) is 0 Å². The van der Waals surface area contributed by atoms with Crippen molar-refractivity contribution in [2.75, 3.05) is 5.32 Å². The zero-order valence-corrected chi connectivity index (χ0v) is 11.2. The molecule has 6 heteroatoms. The van der Waals surface area contributed by atoms with E-state index in [1.54, 1.807) is 0 Å². The zero-order chi connectivity index (χ0) is 13.4. The molecule has 1 aromatic carbocycles. The molecule has 1 unspecified atom stereocenters. The molecule has 1 aliphatic heterocycles. The summed E-state index contributed by atoms with van der Waals surface area (Å²) in [6.07, 6.45) is 1.13. The van der Waals surface area contributed by atoms with Crippen LogP contribution in [0.3, 0.4) is 0 Å². The minimum absolute atomic E-state index is 0.0536. The van der Waals surface area contributed by atoms with Crippen LogP contribution >= 0.6 is 12.2 Å². The first kappa shape index (κ1) is 12.1. The average Bonchev–Trinajstić information content (AvgIpc) is 2.93. The summed E-state index contributed by atoms with van der Waals surface area (Å²) in [7, 11) is 0. The lowest BCUT2D eigenvalue weighted by atomic mass is 9.95. The summed E-state index contributed by atoms with van der Waals surface area (Å²) in [6.45, 7) is 2.10. The van der Waals surface area contributed by atoms with Crippen molar-refractivity contribution in [1.29, 1.82) is 0 Å². The van der Waals surface area contributed by atoms with Gasteiger partial charge in [-0.3, -0.25) is 4.79 Å². The van der Waals surface area contributed by atoms with E-state index in [1.165, 1.54) is 5.56 Å². The molecule has 2 aromatic rings. The summed E-state index contributed by atoms with van der Waals surface area (Å²) >= 11 is 4.85. The Balaban J connectivity index is 1.81. The van der Waals surface area contributed by atoms with Crippen LogP contribution < -0.4 is 5.32 Å². The van der Waals surface area contributed by atoms with E-state index in [1.807, 2.05) is 12.1 Å². The fourth-order valence-electron chi connectivity index (χ4n) is 2.28. The number of rotatable bonds is 3. The Morgan fingerprint density at radius 2 is 2.37 bits per heavy atom. The van der Waals surface area contributed by atoms with Gasteiger partial charge < -0.3 is 9.73 Å². The predicted molar refractivity (Wildman–Crippen MR) is 72.6 cm³/mol. The number of amides is 1. The quantitative estimate of drug-likeness (QED) is 0.845. The molecule has 1 aliphatic rings. The molecular formula is C13H13N3O2S. The van der Waals surface area contributed by atoms with E-state index >= 15 is 0 Å². The maximum Gasteiger partial charge on any atom is 0.284 e. The maximum absolute atomic E-state index is 11.3. The third kappa shape index (κ3) is 2.44. The molecule has 98 valence electrons. The molecule has 5 nitrogen and oxygen atoms in total. The van der Waals surface area contributed by atoms with Crippen molar-refractivity contribution in [1.82, 2.24) is 10.2 Å². The molecule has 0 spiro atoms. The fraction of sp³-hybridized carbons (Fsp3) is 0.308. The lowest BCUT2D eigenvalue weighted by Crippen LogP contribution is -2.03. The molecule has 1 aromatic heterocycles. The summed E-state index contributed by atoms with van der Waals surface area (Å²) in [4.78, 5) is 11.6. The van der Waals surface area contributed by atoms with Gasteiger partial charge in [-0.1, -0.05) is 19.1 Å². The topological polar surface area (TPSA) is 70.9 Å². The number of aromatic nitrogens is 2. The first-order valence-electron chi connectivity index (χ1n) is 6.09. The molecule has 0 saturated carbocycles. The van der Waals surface area contributed by atoms with Crippen LogP contribution in [-0.4, -0.2) is 16.1 Å². The number of anilines is 1. The van der Waals surface area contributed by atoms with Crippen molar-refractivity contribution < 1.29 is 9.21 Å². The van der Waals surface area contributed by atoms with Gasteiger partial charge in [0, 0.05) is 12.1 Å². The number of carbonyl (C=O) groups excluding carboxylic acids is 1. The number of H-pyrrole nitrogens is 1. The number of aromatic amines is 1. The third-order valence-electron chi connectivity index (χ3n) is 3.29. The van der Waals surface area contributed by atoms with Crippen LogP contribution in [0.4, 0.5) is 5.69 Å². The molecule has 2 heterocycles. The van der Waals surface area contributed by atoms with E-state index < -0.39 is 0 Å². The van der Waals surface area contributed by atoms with Gasteiger partial charge in [-0.05, 0) is 35.3 Å². The van der Waals surface area contributed by atoms with Gasteiger partial charge in [0.2, 0.25) is 11.8 Å². The molecule has 0 fully saturated rings. The average molecular weight is 275 g/mol. The van der Waals surface area contributed by atoms with Crippen LogP contribution in [0.15, 0.2) is 22.6 Å². The highest BCUT2D eigenvalue weighted by Crippen LogP contribution is 2.28. The Morgan fingerprint density at radius 1 is 1.53 bits per heavy atom. The van der Waals surface area contributed by atoms with Gasteiger partial charge in [0.05, 0.1) is 6.42 Å². The second-order valence-electron chi connectivity index (χ2n) is 4.75. The standard InChI is InChI=1S/C13H13N3O2S/c1-7(4-12-15-16-13(19)18-12)8-2-3-10-9(5-8)6-11(17)14-10/h2-3,5,7H,4,6H2,1H3,(H,14,17)(H,16,19). The summed E-state index contributed by atoms with van der Waals surface area (Å²) in [6, 6.07) is 6.04. The monoisotopic (exact) mass is 275 g/mol. The Bertz CT molecular complexity index is 689. The van der Waals surface area contributed by atoms with E-state index in [0.29, 0.717) is 23.6 Å². The smallest absolute Gasteiger partial charge is 0.284 e. The van der Waals surface area contributed by atoms with Crippen molar-refractivity contribution in [2.45, 2.75) is 25.7 Å². The van der Waals surface area contributed by atoms with Gasteiger partial charge in [-0.15, -0.1) is 5.10 Å². The van der Waals surface area contributed by atoms with Crippen molar-refractivity contribution in [3.8, 4) is 0 Å². The number of carbonyl (C=O) groups is 1. The second-order valence-corrected chi connectivity index (χ2v) is 5.12. The normalized spacial score (nSPS) is 15.1. The molecule has 2 N–H and O–H groups in total. The molecule has 1 atom stereocenters. The van der Waals surface area contributed by atoms with Gasteiger partial charge in [0.25, 0.3) is 4.84 Å². The molecule has 0 saturated heterocycles. The molecule has 3 rings (SSSR count). The summed E-state index contributed by atoms with van der Waals surface area (Å²) in [5.74, 6) is 0.910. The largest absolute Gasteiger partial charge is 0.414 e. The Labute approximate surface area is 115 Å². The highest BCUT2D eigenvalue weighted by atomic mass is 32.1. The van der Waals surface area contributed by atoms with Gasteiger partial charge in [0.1, 0.15) is 0 Å². The first-order valence-corrected chi connectivity index (χ1v) is 6.49. The number of hydrogen-bond donors (Lipinski definition) is 2. The van der Waals surface area contributed by atoms with E-state index in [2.05, 4.69) is 28.5 Å². The third-order valence-corrected chi connectivity index (χ3v) is 3.46. The number of benzene rings is 1. The van der Waals surface area contributed by atoms with E-state index in [4.69, 9.17) is 16.6 Å². The van der Waals surface area contributed by atoms with Crippen molar-refractivity contribution in [2.24, 2.45) is 0 Å². The lowest BCUT2D eigenvalue weighted by Gasteiger charge is -2.10. The highest BCUT2D eigenvalue weighted by molar-refractivity contribution is 7.71. The van der Waals surface area contributed by atoms with E-state index in [-0.39, 0.29) is 11.8 Å². The number of hydrogen-bond acceptors (Lipinski definition) is 4.